The Morgan fingerprint density at radius 1 is 1.26 bits per heavy atom. The lowest BCUT2D eigenvalue weighted by Crippen LogP contribution is -2.14. The maximum Gasteiger partial charge on any atom is 0.234 e. The van der Waals surface area contributed by atoms with Crippen LogP contribution >= 0.6 is 23.1 Å². The lowest BCUT2D eigenvalue weighted by molar-refractivity contribution is -0.113. The summed E-state index contributed by atoms with van der Waals surface area (Å²) in [6.45, 7) is 0.214. The highest BCUT2D eigenvalue weighted by molar-refractivity contribution is 7.99. The zero-order chi connectivity index (χ0) is 18.2. The second kappa shape index (κ2) is 6.90. The van der Waals surface area contributed by atoms with E-state index in [1.54, 1.807) is 29.5 Å². The molecule has 5 rings (SSSR count). The highest BCUT2D eigenvalue weighted by atomic mass is 32.2. The first-order valence-corrected chi connectivity index (χ1v) is 10.5. The van der Waals surface area contributed by atoms with Crippen LogP contribution in [0.1, 0.15) is 18.9 Å². The number of thioether (sulfide) groups is 1. The van der Waals surface area contributed by atoms with Crippen molar-refractivity contribution in [1.82, 2.24) is 14.8 Å². The molecule has 2 aliphatic rings. The number of nitrogens with zero attached hydrogens (tertiary/aromatic N) is 3. The van der Waals surface area contributed by atoms with E-state index in [1.807, 2.05) is 17.5 Å². The smallest absolute Gasteiger partial charge is 0.234 e. The molecule has 1 aliphatic heterocycles. The lowest BCUT2D eigenvalue weighted by atomic mass is 10.3. The predicted octanol–water partition coefficient (Wildman–Crippen LogP) is 3.80. The van der Waals surface area contributed by atoms with Gasteiger partial charge in [0.1, 0.15) is 0 Å². The number of fused-ring (bicyclic) bond motifs is 1. The topological polar surface area (TPSA) is 78.3 Å². The highest BCUT2D eigenvalue weighted by Gasteiger charge is 2.30. The minimum Gasteiger partial charge on any atom is -0.454 e. The van der Waals surface area contributed by atoms with Gasteiger partial charge in [0.05, 0.1) is 10.6 Å². The van der Waals surface area contributed by atoms with E-state index in [0.29, 0.717) is 23.2 Å². The Balaban J connectivity index is 1.27. The van der Waals surface area contributed by atoms with Gasteiger partial charge in [-0.3, -0.25) is 9.36 Å². The minimum atomic E-state index is -0.0955. The van der Waals surface area contributed by atoms with E-state index < -0.39 is 0 Å². The van der Waals surface area contributed by atoms with E-state index >= 15 is 0 Å². The summed E-state index contributed by atoms with van der Waals surface area (Å²) in [7, 11) is 0. The number of anilines is 1. The molecule has 9 heteroatoms. The first-order chi connectivity index (χ1) is 13.3. The van der Waals surface area contributed by atoms with E-state index in [9.17, 15) is 4.79 Å². The molecule has 2 aromatic heterocycles. The number of hydrogen-bond acceptors (Lipinski definition) is 7. The summed E-state index contributed by atoms with van der Waals surface area (Å²) in [5, 5.41) is 14.4. The second-order valence-electron chi connectivity index (χ2n) is 6.29. The number of amides is 1. The molecule has 1 aliphatic carbocycles. The summed E-state index contributed by atoms with van der Waals surface area (Å²) in [5.74, 6) is 2.41. The Bertz CT molecular complexity index is 983. The van der Waals surface area contributed by atoms with Crippen LogP contribution in [0, 0.1) is 0 Å². The van der Waals surface area contributed by atoms with Gasteiger partial charge in [-0.1, -0.05) is 17.8 Å². The molecule has 0 radical (unpaired) electrons. The number of ether oxygens (including phenoxy) is 2. The Hall–Kier alpha value is -2.52. The molecule has 0 spiro atoms. The molecule has 1 fully saturated rings. The van der Waals surface area contributed by atoms with E-state index in [-0.39, 0.29) is 18.5 Å². The second-order valence-corrected chi connectivity index (χ2v) is 8.18. The molecule has 1 amide bonds. The SMILES string of the molecule is O=C(CSc1nnc(-c2cccs2)n1C1CC1)Nc1ccc2c(c1)OCO2. The van der Waals surface area contributed by atoms with Crippen molar-refractivity contribution in [3.05, 3.63) is 35.7 Å². The summed E-state index contributed by atoms with van der Waals surface area (Å²) in [5.41, 5.74) is 0.688. The Labute approximate surface area is 163 Å². The molecule has 1 aromatic carbocycles. The maximum absolute atomic E-state index is 12.4. The Morgan fingerprint density at radius 3 is 2.96 bits per heavy atom. The van der Waals surface area contributed by atoms with Crippen LogP contribution in [0.15, 0.2) is 40.9 Å². The van der Waals surface area contributed by atoms with Gasteiger partial charge in [0.25, 0.3) is 0 Å². The van der Waals surface area contributed by atoms with Crippen molar-refractivity contribution in [3.8, 4) is 22.2 Å². The molecule has 7 nitrogen and oxygen atoms in total. The van der Waals surface area contributed by atoms with Crippen LogP contribution in [-0.4, -0.2) is 33.2 Å². The van der Waals surface area contributed by atoms with Gasteiger partial charge in [-0.15, -0.1) is 21.5 Å². The summed E-state index contributed by atoms with van der Waals surface area (Å²) in [6, 6.07) is 9.87. The lowest BCUT2D eigenvalue weighted by Gasteiger charge is -2.08. The van der Waals surface area contributed by atoms with Crippen LogP contribution in [0.2, 0.25) is 0 Å². The summed E-state index contributed by atoms with van der Waals surface area (Å²) >= 11 is 3.06. The van der Waals surface area contributed by atoms with Crippen molar-refractivity contribution in [2.24, 2.45) is 0 Å². The van der Waals surface area contributed by atoms with Gasteiger partial charge < -0.3 is 14.8 Å². The fourth-order valence-corrected chi connectivity index (χ4v) is 4.42. The third-order valence-electron chi connectivity index (χ3n) is 4.31. The van der Waals surface area contributed by atoms with Gasteiger partial charge in [-0.05, 0) is 36.4 Å². The fraction of sp³-hybridized carbons (Fsp3) is 0.278. The van der Waals surface area contributed by atoms with Crippen LogP contribution in [0.3, 0.4) is 0 Å². The molecule has 1 N–H and O–H groups in total. The first-order valence-electron chi connectivity index (χ1n) is 8.59. The average Bonchev–Trinajstić information content (AvgIpc) is 3.08. The summed E-state index contributed by atoms with van der Waals surface area (Å²) < 4.78 is 12.8. The fourth-order valence-electron chi connectivity index (χ4n) is 2.91. The number of thiophene rings is 1. The maximum atomic E-state index is 12.4. The van der Waals surface area contributed by atoms with Crippen LogP contribution in [0.5, 0.6) is 11.5 Å². The van der Waals surface area contributed by atoms with Crippen LogP contribution in [0.4, 0.5) is 5.69 Å². The van der Waals surface area contributed by atoms with Crippen molar-refractivity contribution in [2.75, 3.05) is 17.9 Å². The predicted molar refractivity (Wildman–Crippen MR) is 104 cm³/mol. The van der Waals surface area contributed by atoms with Gasteiger partial charge in [0, 0.05) is 17.8 Å². The monoisotopic (exact) mass is 400 g/mol. The van der Waals surface area contributed by atoms with E-state index in [1.165, 1.54) is 11.8 Å². The Kier molecular flexibility index (Phi) is 4.25. The van der Waals surface area contributed by atoms with E-state index in [4.69, 9.17) is 9.47 Å². The molecule has 0 atom stereocenters. The van der Waals surface area contributed by atoms with Crippen molar-refractivity contribution < 1.29 is 14.3 Å². The van der Waals surface area contributed by atoms with Gasteiger partial charge in [0.15, 0.2) is 22.5 Å². The largest absolute Gasteiger partial charge is 0.454 e. The quantitative estimate of drug-likeness (QED) is 0.634. The van der Waals surface area contributed by atoms with Crippen molar-refractivity contribution >= 4 is 34.7 Å². The zero-order valence-corrected chi connectivity index (χ0v) is 15.9. The van der Waals surface area contributed by atoms with Crippen molar-refractivity contribution in [1.29, 1.82) is 0 Å². The zero-order valence-electron chi connectivity index (χ0n) is 14.3. The van der Waals surface area contributed by atoms with Crippen molar-refractivity contribution in [3.63, 3.8) is 0 Å². The average molecular weight is 400 g/mol. The number of hydrogen-bond donors (Lipinski definition) is 1. The van der Waals surface area contributed by atoms with E-state index in [2.05, 4.69) is 20.1 Å². The van der Waals surface area contributed by atoms with Crippen LogP contribution in [0.25, 0.3) is 10.7 Å². The van der Waals surface area contributed by atoms with Gasteiger partial charge in [-0.2, -0.15) is 0 Å². The van der Waals surface area contributed by atoms with Gasteiger partial charge in [0.2, 0.25) is 12.7 Å². The van der Waals surface area contributed by atoms with Crippen LogP contribution in [-0.2, 0) is 4.79 Å². The highest BCUT2D eigenvalue weighted by Crippen LogP contribution is 2.41. The normalized spacial score (nSPS) is 15.1. The molecule has 138 valence electrons. The number of nitrogens with one attached hydrogen (secondary N) is 1. The summed E-state index contributed by atoms with van der Waals surface area (Å²) in [4.78, 5) is 13.5. The van der Waals surface area contributed by atoms with Crippen molar-refractivity contribution in [2.45, 2.75) is 24.0 Å². The molecule has 1 saturated carbocycles. The summed E-state index contributed by atoms with van der Waals surface area (Å²) in [6.07, 6.45) is 2.26. The molecule has 0 bridgehead atoms. The number of benzene rings is 1. The van der Waals surface area contributed by atoms with E-state index in [0.717, 1.165) is 28.7 Å². The molecular formula is C18H16N4O3S2. The molecule has 27 heavy (non-hydrogen) atoms. The number of carbonyl (C=O) groups excluding carboxylic acids is 1. The Morgan fingerprint density at radius 2 is 2.15 bits per heavy atom. The standard InChI is InChI=1S/C18H16N4O3S2/c23-16(19-11-3-6-13-14(8-11)25-10-24-13)9-27-18-21-20-17(15-2-1-7-26-15)22(18)12-4-5-12/h1-3,6-8,12H,4-5,9-10H2,(H,19,23). The third kappa shape index (κ3) is 3.40. The molecule has 3 heterocycles. The third-order valence-corrected chi connectivity index (χ3v) is 6.12. The minimum absolute atomic E-state index is 0.0955. The number of rotatable bonds is 6. The molecule has 3 aromatic rings. The van der Waals surface area contributed by atoms with Gasteiger partial charge in [-0.25, -0.2) is 0 Å². The molecule has 0 unspecified atom stereocenters. The number of carbonyl (C=O) groups is 1. The molecule has 0 saturated heterocycles. The first kappa shape index (κ1) is 16.6. The number of aromatic nitrogens is 3. The molecular weight excluding hydrogens is 384 g/mol. The van der Waals surface area contributed by atoms with Gasteiger partial charge >= 0.3 is 0 Å². The van der Waals surface area contributed by atoms with Crippen LogP contribution < -0.4 is 14.8 Å².